The maximum Gasteiger partial charge on any atom is 0.220 e. The fourth-order valence-electron chi connectivity index (χ4n) is 2.37. The van der Waals surface area contributed by atoms with Gasteiger partial charge in [0.2, 0.25) is 5.91 Å². The van der Waals surface area contributed by atoms with Crippen LogP contribution in [0.5, 0.6) is 0 Å². The maximum atomic E-state index is 11.9. The molecule has 0 radical (unpaired) electrons. The lowest BCUT2D eigenvalue weighted by molar-refractivity contribution is -0.124. The Morgan fingerprint density at radius 1 is 1.39 bits per heavy atom. The summed E-state index contributed by atoms with van der Waals surface area (Å²) in [5.41, 5.74) is 7.17. The molecule has 0 heterocycles. The van der Waals surface area contributed by atoms with Gasteiger partial charge < -0.3 is 11.1 Å². The van der Waals surface area contributed by atoms with E-state index in [-0.39, 0.29) is 23.4 Å². The molecule has 1 aliphatic carbocycles. The lowest BCUT2D eigenvalue weighted by Crippen LogP contribution is -2.64. The van der Waals surface area contributed by atoms with Crippen LogP contribution in [-0.4, -0.2) is 18.0 Å². The third-order valence-electron chi connectivity index (χ3n) is 4.16. The van der Waals surface area contributed by atoms with Crippen molar-refractivity contribution in [1.29, 1.82) is 0 Å². The van der Waals surface area contributed by atoms with Crippen LogP contribution < -0.4 is 11.1 Å². The van der Waals surface area contributed by atoms with Crippen LogP contribution >= 0.6 is 0 Å². The van der Waals surface area contributed by atoms with Gasteiger partial charge in [0.05, 0.1) is 0 Å². The molecule has 3 nitrogen and oxygen atoms in total. The van der Waals surface area contributed by atoms with Crippen molar-refractivity contribution in [3.05, 3.63) is 35.9 Å². The summed E-state index contributed by atoms with van der Waals surface area (Å²) in [5.74, 6) is 0.129. The number of benzene rings is 1. The average Bonchev–Trinajstić information content (AvgIpc) is 2.37. The molecule has 0 bridgehead atoms. The molecule has 2 atom stereocenters. The van der Waals surface area contributed by atoms with Crippen LogP contribution in [0.15, 0.2) is 30.3 Å². The van der Waals surface area contributed by atoms with Crippen LogP contribution in [0.25, 0.3) is 0 Å². The first-order valence-electron chi connectivity index (χ1n) is 6.59. The number of hydrogen-bond donors (Lipinski definition) is 2. The SMILES string of the molecule is CC1(C)C(N)CC1NC(=O)CCc1ccccc1. The quantitative estimate of drug-likeness (QED) is 0.852. The normalized spacial score (nSPS) is 25.3. The van der Waals surface area contributed by atoms with Gasteiger partial charge in [-0.05, 0) is 18.4 Å². The summed E-state index contributed by atoms with van der Waals surface area (Å²) in [6.07, 6.45) is 2.24. The molecule has 2 unspecified atom stereocenters. The second-order valence-electron chi connectivity index (χ2n) is 5.77. The molecule has 98 valence electrons. The minimum absolute atomic E-state index is 0.0302. The van der Waals surface area contributed by atoms with E-state index in [1.54, 1.807) is 0 Å². The fourth-order valence-corrected chi connectivity index (χ4v) is 2.37. The van der Waals surface area contributed by atoms with Crippen molar-refractivity contribution in [3.63, 3.8) is 0 Å². The summed E-state index contributed by atoms with van der Waals surface area (Å²) in [4.78, 5) is 11.9. The predicted octanol–water partition coefficient (Wildman–Crippen LogP) is 1.86. The van der Waals surface area contributed by atoms with E-state index >= 15 is 0 Å². The van der Waals surface area contributed by atoms with Crippen LogP contribution in [-0.2, 0) is 11.2 Å². The molecule has 1 fully saturated rings. The molecule has 18 heavy (non-hydrogen) atoms. The number of nitrogens with two attached hydrogens (primary N) is 1. The Bertz CT molecular complexity index is 414. The molecule has 1 saturated carbocycles. The first-order chi connectivity index (χ1) is 8.50. The smallest absolute Gasteiger partial charge is 0.220 e. The monoisotopic (exact) mass is 246 g/mol. The van der Waals surface area contributed by atoms with E-state index in [1.807, 2.05) is 18.2 Å². The van der Waals surface area contributed by atoms with E-state index in [1.165, 1.54) is 5.56 Å². The number of carbonyl (C=O) groups excluding carboxylic acids is 1. The molecule has 1 aromatic carbocycles. The van der Waals surface area contributed by atoms with Crippen molar-refractivity contribution < 1.29 is 4.79 Å². The Morgan fingerprint density at radius 2 is 2.06 bits per heavy atom. The first-order valence-corrected chi connectivity index (χ1v) is 6.59. The van der Waals surface area contributed by atoms with Crippen LogP contribution in [0, 0.1) is 5.41 Å². The van der Waals surface area contributed by atoms with Gasteiger partial charge in [0.1, 0.15) is 0 Å². The summed E-state index contributed by atoms with van der Waals surface area (Å²) in [5, 5.41) is 3.09. The molecule has 3 heteroatoms. The van der Waals surface area contributed by atoms with Crippen molar-refractivity contribution in [3.8, 4) is 0 Å². The lowest BCUT2D eigenvalue weighted by atomic mass is 9.63. The van der Waals surface area contributed by atoms with Crippen molar-refractivity contribution in [2.75, 3.05) is 0 Å². The van der Waals surface area contributed by atoms with Crippen LogP contribution in [0.1, 0.15) is 32.3 Å². The molecule has 1 aromatic rings. The second kappa shape index (κ2) is 5.11. The Kier molecular flexibility index (Phi) is 3.71. The van der Waals surface area contributed by atoms with E-state index < -0.39 is 0 Å². The number of nitrogens with one attached hydrogen (secondary N) is 1. The molecular weight excluding hydrogens is 224 g/mol. The summed E-state index contributed by atoms with van der Waals surface area (Å²) in [7, 11) is 0. The highest BCUT2D eigenvalue weighted by Gasteiger charge is 2.46. The van der Waals surface area contributed by atoms with Gasteiger partial charge in [-0.15, -0.1) is 0 Å². The molecule has 1 amide bonds. The van der Waals surface area contributed by atoms with E-state index in [2.05, 4.69) is 31.3 Å². The van der Waals surface area contributed by atoms with Crippen molar-refractivity contribution >= 4 is 5.91 Å². The average molecular weight is 246 g/mol. The van der Waals surface area contributed by atoms with Crippen LogP contribution in [0.2, 0.25) is 0 Å². The summed E-state index contributed by atoms with van der Waals surface area (Å²) < 4.78 is 0. The summed E-state index contributed by atoms with van der Waals surface area (Å²) in [6.45, 7) is 4.23. The first kappa shape index (κ1) is 13.1. The minimum Gasteiger partial charge on any atom is -0.353 e. The van der Waals surface area contributed by atoms with Gasteiger partial charge in [-0.1, -0.05) is 44.2 Å². The van der Waals surface area contributed by atoms with Gasteiger partial charge in [-0.25, -0.2) is 0 Å². The third-order valence-corrected chi connectivity index (χ3v) is 4.16. The number of rotatable bonds is 4. The summed E-state index contributed by atoms with van der Waals surface area (Å²) >= 11 is 0. The van der Waals surface area contributed by atoms with E-state index in [0.717, 1.165) is 12.8 Å². The Balaban J connectivity index is 1.77. The topological polar surface area (TPSA) is 55.1 Å². The number of hydrogen-bond acceptors (Lipinski definition) is 2. The molecule has 0 spiro atoms. The lowest BCUT2D eigenvalue weighted by Gasteiger charge is -2.50. The zero-order valence-corrected chi connectivity index (χ0v) is 11.1. The molecule has 0 aliphatic heterocycles. The summed E-state index contributed by atoms with van der Waals surface area (Å²) in [6, 6.07) is 10.5. The Labute approximate surface area is 109 Å². The highest BCUT2D eigenvalue weighted by molar-refractivity contribution is 5.76. The van der Waals surface area contributed by atoms with E-state index in [0.29, 0.717) is 6.42 Å². The Morgan fingerprint density at radius 3 is 2.61 bits per heavy atom. The third kappa shape index (κ3) is 2.72. The number of amides is 1. The maximum absolute atomic E-state index is 11.9. The number of aryl methyl sites for hydroxylation is 1. The highest BCUT2D eigenvalue weighted by atomic mass is 16.1. The largest absolute Gasteiger partial charge is 0.353 e. The zero-order chi connectivity index (χ0) is 13.2. The van der Waals surface area contributed by atoms with Crippen LogP contribution in [0.4, 0.5) is 0 Å². The highest BCUT2D eigenvalue weighted by Crippen LogP contribution is 2.38. The van der Waals surface area contributed by atoms with Crippen molar-refractivity contribution in [2.45, 2.75) is 45.2 Å². The standard InChI is InChI=1S/C15H22N2O/c1-15(2)12(16)10-13(15)17-14(18)9-8-11-6-4-3-5-7-11/h3-7,12-13H,8-10,16H2,1-2H3,(H,17,18). The van der Waals surface area contributed by atoms with Gasteiger partial charge in [0.15, 0.2) is 0 Å². The van der Waals surface area contributed by atoms with Crippen molar-refractivity contribution in [2.24, 2.45) is 11.1 Å². The Hall–Kier alpha value is -1.35. The van der Waals surface area contributed by atoms with Gasteiger partial charge in [-0.2, -0.15) is 0 Å². The molecule has 1 aliphatic rings. The van der Waals surface area contributed by atoms with Crippen LogP contribution in [0.3, 0.4) is 0 Å². The molecule has 3 N–H and O–H groups in total. The van der Waals surface area contributed by atoms with Gasteiger partial charge in [-0.3, -0.25) is 4.79 Å². The molecule has 2 rings (SSSR count). The van der Waals surface area contributed by atoms with Gasteiger partial charge in [0, 0.05) is 23.9 Å². The van der Waals surface area contributed by atoms with E-state index in [9.17, 15) is 4.79 Å². The molecule has 0 saturated heterocycles. The predicted molar refractivity (Wildman–Crippen MR) is 73.1 cm³/mol. The van der Waals surface area contributed by atoms with Crippen molar-refractivity contribution in [1.82, 2.24) is 5.32 Å². The second-order valence-corrected chi connectivity index (χ2v) is 5.77. The molecule has 0 aromatic heterocycles. The zero-order valence-electron chi connectivity index (χ0n) is 11.1. The fraction of sp³-hybridized carbons (Fsp3) is 0.533. The van der Waals surface area contributed by atoms with Gasteiger partial charge >= 0.3 is 0 Å². The van der Waals surface area contributed by atoms with E-state index in [4.69, 9.17) is 5.73 Å². The number of carbonyl (C=O) groups is 1. The minimum atomic E-state index is 0.0302. The van der Waals surface area contributed by atoms with Gasteiger partial charge in [0.25, 0.3) is 0 Å². The molecular formula is C15H22N2O.